The van der Waals surface area contributed by atoms with E-state index in [0.717, 1.165) is 24.2 Å². The molecule has 1 N–H and O–H groups in total. The zero-order valence-corrected chi connectivity index (χ0v) is 11.1. The second kappa shape index (κ2) is 5.04. The molecule has 1 aliphatic carbocycles. The summed E-state index contributed by atoms with van der Waals surface area (Å²) in [5.41, 5.74) is -1.05. The van der Waals surface area contributed by atoms with Crippen molar-refractivity contribution in [2.45, 2.75) is 51.5 Å². The van der Waals surface area contributed by atoms with Crippen LogP contribution < -0.4 is 5.32 Å². The fourth-order valence-corrected chi connectivity index (χ4v) is 2.96. The maximum Gasteiger partial charge on any atom is 0.331 e. The molecule has 5 nitrogen and oxygen atoms in total. The van der Waals surface area contributed by atoms with Crippen molar-refractivity contribution >= 4 is 17.8 Å². The third-order valence-corrected chi connectivity index (χ3v) is 4.06. The van der Waals surface area contributed by atoms with Gasteiger partial charge in [-0.1, -0.05) is 19.3 Å². The summed E-state index contributed by atoms with van der Waals surface area (Å²) in [6.07, 6.45) is 9.27. The number of hydrogen-bond donors (Lipinski definition) is 1. The summed E-state index contributed by atoms with van der Waals surface area (Å²) in [7, 11) is 0. The number of amides is 4. The zero-order valence-electron chi connectivity index (χ0n) is 11.1. The van der Waals surface area contributed by atoms with Crippen molar-refractivity contribution in [3.63, 3.8) is 0 Å². The van der Waals surface area contributed by atoms with Crippen LogP contribution in [-0.4, -0.2) is 28.8 Å². The van der Waals surface area contributed by atoms with E-state index in [0.29, 0.717) is 19.3 Å². The van der Waals surface area contributed by atoms with Crippen molar-refractivity contribution < 1.29 is 14.4 Å². The first-order chi connectivity index (χ1) is 9.03. The van der Waals surface area contributed by atoms with Crippen LogP contribution in [0.3, 0.4) is 0 Å². The quantitative estimate of drug-likeness (QED) is 0.604. The van der Waals surface area contributed by atoms with Gasteiger partial charge in [0.1, 0.15) is 5.41 Å². The highest BCUT2D eigenvalue weighted by Crippen LogP contribution is 2.40. The monoisotopic (exact) mass is 262 g/mol. The van der Waals surface area contributed by atoms with Gasteiger partial charge in [-0.05, 0) is 19.8 Å². The topological polar surface area (TPSA) is 66.5 Å². The number of imide groups is 2. The Kier molecular flexibility index (Phi) is 3.61. The highest BCUT2D eigenvalue weighted by molar-refractivity contribution is 6.19. The first kappa shape index (κ1) is 13.6. The highest BCUT2D eigenvalue weighted by atomic mass is 16.2. The lowest BCUT2D eigenvalue weighted by molar-refractivity contribution is -0.155. The summed E-state index contributed by atoms with van der Waals surface area (Å²) in [5.74, 6) is 1.64. The summed E-state index contributed by atoms with van der Waals surface area (Å²) in [5, 5.41) is 2.32. The Morgan fingerprint density at radius 2 is 1.95 bits per heavy atom. The lowest BCUT2D eigenvalue weighted by Crippen LogP contribution is -2.66. The van der Waals surface area contributed by atoms with Gasteiger partial charge < -0.3 is 0 Å². The molecule has 2 aliphatic rings. The number of nitrogens with zero attached hydrogens (tertiary/aromatic N) is 1. The van der Waals surface area contributed by atoms with Crippen LogP contribution in [0.1, 0.15) is 45.4 Å². The van der Waals surface area contributed by atoms with Gasteiger partial charge in [0.05, 0.1) is 0 Å². The van der Waals surface area contributed by atoms with Crippen LogP contribution in [-0.2, 0) is 9.59 Å². The van der Waals surface area contributed by atoms with Crippen molar-refractivity contribution in [1.29, 1.82) is 0 Å². The first-order valence-electron chi connectivity index (χ1n) is 6.65. The molecule has 102 valence electrons. The second-order valence-electron chi connectivity index (χ2n) is 5.33. The fourth-order valence-electron chi connectivity index (χ4n) is 2.96. The summed E-state index contributed by atoms with van der Waals surface area (Å²) < 4.78 is 0. The van der Waals surface area contributed by atoms with Gasteiger partial charge in [-0.25, -0.2) is 4.79 Å². The number of rotatable bonds is 2. The molecule has 1 saturated carbocycles. The largest absolute Gasteiger partial charge is 0.331 e. The average Bonchev–Trinajstić information content (AvgIpc) is 2.38. The molecule has 0 radical (unpaired) electrons. The van der Waals surface area contributed by atoms with E-state index in [2.05, 4.69) is 11.2 Å². The number of carbonyl (C=O) groups excluding carboxylic acids is 3. The van der Waals surface area contributed by atoms with Crippen molar-refractivity contribution in [2.24, 2.45) is 5.41 Å². The third kappa shape index (κ3) is 2.12. The molecule has 1 atom stereocenters. The Hall–Kier alpha value is -1.83. The molecule has 1 spiro atoms. The standard InChI is InChI=1S/C14H18N2O3/c1-3-7-10(2)16-12(18)14(8-5-4-6-9-14)11(17)15-13(16)19/h1,10H,4-9H2,2H3,(H,15,17,19). The van der Waals surface area contributed by atoms with Crippen LogP contribution in [0.25, 0.3) is 0 Å². The van der Waals surface area contributed by atoms with Gasteiger partial charge in [-0.3, -0.25) is 19.8 Å². The van der Waals surface area contributed by atoms with Gasteiger partial charge >= 0.3 is 6.03 Å². The van der Waals surface area contributed by atoms with Crippen LogP contribution in [0.5, 0.6) is 0 Å². The van der Waals surface area contributed by atoms with Crippen LogP contribution in [0.15, 0.2) is 0 Å². The molecule has 0 aromatic heterocycles. The molecule has 19 heavy (non-hydrogen) atoms. The maximum atomic E-state index is 12.6. The van der Waals surface area contributed by atoms with Crippen molar-refractivity contribution in [1.82, 2.24) is 10.2 Å². The summed E-state index contributed by atoms with van der Waals surface area (Å²) in [6, 6.07) is -1.03. The van der Waals surface area contributed by atoms with E-state index in [-0.39, 0.29) is 11.9 Å². The fraction of sp³-hybridized carbons (Fsp3) is 0.643. The van der Waals surface area contributed by atoms with Crippen molar-refractivity contribution in [2.75, 3.05) is 0 Å². The van der Waals surface area contributed by atoms with Crippen LogP contribution in [0, 0.1) is 17.8 Å². The van der Waals surface area contributed by atoms with E-state index in [4.69, 9.17) is 6.42 Å². The van der Waals surface area contributed by atoms with Crippen molar-refractivity contribution in [3.05, 3.63) is 0 Å². The average molecular weight is 262 g/mol. The Morgan fingerprint density at radius 3 is 2.53 bits per heavy atom. The summed E-state index contributed by atoms with van der Waals surface area (Å²) >= 11 is 0. The van der Waals surface area contributed by atoms with E-state index in [9.17, 15) is 14.4 Å². The van der Waals surface area contributed by atoms with E-state index in [1.165, 1.54) is 0 Å². The smallest absolute Gasteiger partial charge is 0.277 e. The van der Waals surface area contributed by atoms with Crippen LogP contribution in [0.2, 0.25) is 0 Å². The molecule has 1 aliphatic heterocycles. The highest BCUT2D eigenvalue weighted by Gasteiger charge is 2.54. The molecule has 1 heterocycles. The number of barbiturate groups is 1. The lowest BCUT2D eigenvalue weighted by atomic mass is 9.71. The lowest BCUT2D eigenvalue weighted by Gasteiger charge is -2.43. The number of nitrogens with one attached hydrogen (secondary N) is 1. The Morgan fingerprint density at radius 1 is 1.32 bits per heavy atom. The molecule has 2 rings (SSSR count). The van der Waals surface area contributed by atoms with E-state index < -0.39 is 17.4 Å². The minimum atomic E-state index is -1.05. The molecule has 0 aromatic carbocycles. The number of urea groups is 1. The Balaban J connectivity index is 2.31. The Labute approximate surface area is 112 Å². The normalized spacial score (nSPS) is 24.0. The molecule has 5 heteroatoms. The van der Waals surface area contributed by atoms with Crippen LogP contribution >= 0.6 is 0 Å². The summed E-state index contributed by atoms with van der Waals surface area (Å²) in [6.45, 7) is 1.73. The van der Waals surface area contributed by atoms with Crippen molar-refractivity contribution in [3.8, 4) is 12.3 Å². The van der Waals surface area contributed by atoms with Gasteiger partial charge in [0.25, 0.3) is 0 Å². The Bertz CT molecular complexity index is 458. The molecule has 4 amide bonds. The number of terminal acetylenes is 1. The SMILES string of the molecule is C#CCC(C)N1C(=O)NC(=O)C2(CCCCC2)C1=O. The van der Waals surface area contributed by atoms with Gasteiger partial charge in [0.15, 0.2) is 0 Å². The van der Waals surface area contributed by atoms with Gasteiger partial charge in [0, 0.05) is 12.5 Å². The van der Waals surface area contributed by atoms with Gasteiger partial charge in [-0.15, -0.1) is 12.3 Å². The van der Waals surface area contributed by atoms with E-state index in [1.807, 2.05) is 0 Å². The predicted octanol–water partition coefficient (Wildman–Crippen LogP) is 1.43. The zero-order chi connectivity index (χ0) is 14.0. The minimum absolute atomic E-state index is 0.295. The minimum Gasteiger partial charge on any atom is -0.277 e. The second-order valence-corrected chi connectivity index (χ2v) is 5.33. The number of carbonyl (C=O) groups is 3. The van der Waals surface area contributed by atoms with E-state index in [1.54, 1.807) is 6.92 Å². The van der Waals surface area contributed by atoms with Crippen LogP contribution in [0.4, 0.5) is 4.79 Å². The molecule has 2 fully saturated rings. The predicted molar refractivity (Wildman–Crippen MR) is 68.8 cm³/mol. The van der Waals surface area contributed by atoms with Gasteiger partial charge in [0.2, 0.25) is 11.8 Å². The molecular formula is C14H18N2O3. The molecule has 1 unspecified atom stereocenters. The number of hydrogen-bond acceptors (Lipinski definition) is 3. The molecule has 1 saturated heterocycles. The molecular weight excluding hydrogens is 244 g/mol. The first-order valence-corrected chi connectivity index (χ1v) is 6.65. The maximum absolute atomic E-state index is 12.6. The molecule has 0 aromatic rings. The third-order valence-electron chi connectivity index (χ3n) is 4.06. The van der Waals surface area contributed by atoms with E-state index >= 15 is 0 Å². The molecule has 0 bridgehead atoms. The summed E-state index contributed by atoms with van der Waals surface area (Å²) in [4.78, 5) is 37.7. The van der Waals surface area contributed by atoms with Gasteiger partial charge in [-0.2, -0.15) is 0 Å².